The molecule has 0 spiro atoms. The van der Waals surface area contributed by atoms with E-state index in [1.807, 2.05) is 38.1 Å². The van der Waals surface area contributed by atoms with E-state index in [1.54, 1.807) is 11.8 Å². The number of anilines is 1. The van der Waals surface area contributed by atoms with E-state index in [0.29, 0.717) is 32.2 Å². The largest absolute Gasteiger partial charge is 0.481 e. The monoisotopic (exact) mass is 360 g/mol. The molecule has 6 heteroatoms. The lowest BCUT2D eigenvalue weighted by atomic mass is 9.81. The van der Waals surface area contributed by atoms with Gasteiger partial charge in [0.2, 0.25) is 11.8 Å². The third-order valence-corrected chi connectivity index (χ3v) is 5.05. The Kier molecular flexibility index (Phi) is 6.77. The molecule has 1 aromatic carbocycles. The minimum Gasteiger partial charge on any atom is -0.481 e. The lowest BCUT2D eigenvalue weighted by Crippen LogP contribution is -2.34. The molecule has 0 atom stereocenters. The van der Waals surface area contributed by atoms with Gasteiger partial charge in [-0.2, -0.15) is 0 Å². The molecule has 0 aliphatic heterocycles. The zero-order valence-corrected chi connectivity index (χ0v) is 15.7. The first-order valence-corrected chi connectivity index (χ1v) is 9.17. The lowest BCUT2D eigenvalue weighted by molar-refractivity contribution is -0.143. The average molecular weight is 360 g/mol. The highest BCUT2D eigenvalue weighted by molar-refractivity contribution is 5.92. The summed E-state index contributed by atoms with van der Waals surface area (Å²) < 4.78 is 0. The van der Waals surface area contributed by atoms with Crippen molar-refractivity contribution in [3.63, 3.8) is 0 Å². The van der Waals surface area contributed by atoms with Crippen LogP contribution in [0, 0.1) is 11.8 Å². The van der Waals surface area contributed by atoms with Gasteiger partial charge in [-0.25, -0.2) is 0 Å². The third-order valence-electron chi connectivity index (χ3n) is 5.05. The number of carboxylic acid groups (broad SMARTS) is 1. The normalized spacial score (nSPS) is 19.8. The van der Waals surface area contributed by atoms with Crippen molar-refractivity contribution >= 4 is 23.5 Å². The topological polar surface area (TPSA) is 86.7 Å². The van der Waals surface area contributed by atoms with Gasteiger partial charge in [-0.05, 0) is 57.2 Å². The number of carboxylic acids is 1. The van der Waals surface area contributed by atoms with E-state index in [-0.39, 0.29) is 29.7 Å². The van der Waals surface area contributed by atoms with Crippen LogP contribution >= 0.6 is 0 Å². The highest BCUT2D eigenvalue weighted by Gasteiger charge is 2.29. The Balaban J connectivity index is 1.90. The summed E-state index contributed by atoms with van der Waals surface area (Å²) in [6.45, 7) is 6.07. The highest BCUT2D eigenvalue weighted by Crippen LogP contribution is 2.29. The van der Waals surface area contributed by atoms with Crippen LogP contribution in [0.15, 0.2) is 24.3 Å². The van der Waals surface area contributed by atoms with Crippen molar-refractivity contribution in [3.8, 4) is 0 Å². The van der Waals surface area contributed by atoms with Gasteiger partial charge < -0.3 is 15.3 Å². The van der Waals surface area contributed by atoms with Gasteiger partial charge in [-0.1, -0.05) is 12.1 Å². The number of carbonyl (C=O) groups excluding carboxylic acids is 2. The van der Waals surface area contributed by atoms with Crippen LogP contribution in [-0.2, 0) is 20.9 Å². The van der Waals surface area contributed by atoms with E-state index in [1.165, 1.54) is 0 Å². The Morgan fingerprint density at radius 2 is 1.62 bits per heavy atom. The van der Waals surface area contributed by atoms with Crippen molar-refractivity contribution in [1.82, 2.24) is 4.90 Å². The highest BCUT2D eigenvalue weighted by atomic mass is 16.4. The number of hydrogen-bond acceptors (Lipinski definition) is 3. The molecule has 1 aliphatic rings. The molecule has 2 N–H and O–H groups in total. The van der Waals surface area contributed by atoms with Crippen molar-refractivity contribution in [2.45, 2.75) is 59.0 Å². The first-order chi connectivity index (χ1) is 12.3. The first-order valence-electron chi connectivity index (χ1n) is 9.17. The number of aliphatic carboxylic acids is 1. The Labute approximate surface area is 154 Å². The summed E-state index contributed by atoms with van der Waals surface area (Å²) in [6, 6.07) is 7.64. The van der Waals surface area contributed by atoms with Gasteiger partial charge >= 0.3 is 5.97 Å². The van der Waals surface area contributed by atoms with E-state index in [9.17, 15) is 14.4 Å². The summed E-state index contributed by atoms with van der Waals surface area (Å²) in [6.07, 6.45) is 2.34. The van der Waals surface area contributed by atoms with Crippen LogP contribution in [-0.4, -0.2) is 33.8 Å². The fourth-order valence-electron chi connectivity index (χ4n) is 3.39. The predicted octanol–water partition coefficient (Wildman–Crippen LogP) is 3.27. The van der Waals surface area contributed by atoms with Crippen LogP contribution in [0.3, 0.4) is 0 Å². The second kappa shape index (κ2) is 8.83. The summed E-state index contributed by atoms with van der Waals surface area (Å²) in [4.78, 5) is 36.8. The lowest BCUT2D eigenvalue weighted by Gasteiger charge is -2.26. The standard InChI is InChI=1S/C20H28N2O4/c1-13(2)22(14(3)23)12-15-4-10-18(11-5-15)21-19(24)16-6-8-17(9-7-16)20(25)26/h4-5,10-11,13,16-17H,6-9,12H2,1-3H3,(H,21,24)(H,25,26). The van der Waals surface area contributed by atoms with Gasteiger partial charge in [-0.15, -0.1) is 0 Å². The van der Waals surface area contributed by atoms with Crippen molar-refractivity contribution in [2.75, 3.05) is 5.32 Å². The van der Waals surface area contributed by atoms with Gasteiger partial charge in [-0.3, -0.25) is 14.4 Å². The van der Waals surface area contributed by atoms with E-state index in [0.717, 1.165) is 11.3 Å². The van der Waals surface area contributed by atoms with Gasteiger partial charge in [0.05, 0.1) is 5.92 Å². The number of nitrogens with one attached hydrogen (secondary N) is 1. The van der Waals surface area contributed by atoms with Crippen LogP contribution in [0.5, 0.6) is 0 Å². The van der Waals surface area contributed by atoms with E-state index in [2.05, 4.69) is 5.32 Å². The molecule has 26 heavy (non-hydrogen) atoms. The molecule has 1 aliphatic carbocycles. The van der Waals surface area contributed by atoms with E-state index >= 15 is 0 Å². The van der Waals surface area contributed by atoms with Crippen LogP contribution in [0.1, 0.15) is 52.0 Å². The summed E-state index contributed by atoms with van der Waals surface area (Å²) in [7, 11) is 0. The molecule has 2 rings (SSSR count). The van der Waals surface area contributed by atoms with E-state index < -0.39 is 5.97 Å². The molecule has 0 saturated heterocycles. The minimum atomic E-state index is -0.763. The zero-order chi connectivity index (χ0) is 19.3. The number of nitrogens with zero attached hydrogens (tertiary/aromatic N) is 1. The number of hydrogen-bond donors (Lipinski definition) is 2. The van der Waals surface area contributed by atoms with Crippen molar-refractivity contribution in [2.24, 2.45) is 11.8 Å². The maximum Gasteiger partial charge on any atom is 0.306 e. The van der Waals surface area contributed by atoms with Gasteiger partial charge in [0.25, 0.3) is 0 Å². The second-order valence-electron chi connectivity index (χ2n) is 7.31. The molecule has 1 saturated carbocycles. The number of rotatable bonds is 6. The molecule has 0 unspecified atom stereocenters. The molecule has 0 bridgehead atoms. The molecule has 0 aromatic heterocycles. The van der Waals surface area contributed by atoms with Crippen LogP contribution in [0.4, 0.5) is 5.69 Å². The van der Waals surface area contributed by atoms with Crippen molar-refractivity contribution in [1.29, 1.82) is 0 Å². The Hall–Kier alpha value is -2.37. The van der Waals surface area contributed by atoms with E-state index in [4.69, 9.17) is 5.11 Å². The summed E-state index contributed by atoms with van der Waals surface area (Å²) in [5.41, 5.74) is 1.73. The molecule has 6 nitrogen and oxygen atoms in total. The fraction of sp³-hybridized carbons (Fsp3) is 0.550. The molecule has 2 amide bonds. The average Bonchev–Trinajstić information content (AvgIpc) is 2.60. The van der Waals surface area contributed by atoms with Crippen LogP contribution < -0.4 is 5.32 Å². The smallest absolute Gasteiger partial charge is 0.306 e. The van der Waals surface area contributed by atoms with Crippen molar-refractivity contribution in [3.05, 3.63) is 29.8 Å². The number of amides is 2. The molecular weight excluding hydrogens is 332 g/mol. The molecule has 0 radical (unpaired) electrons. The summed E-state index contributed by atoms with van der Waals surface area (Å²) in [5, 5.41) is 11.9. The van der Waals surface area contributed by atoms with Crippen LogP contribution in [0.25, 0.3) is 0 Å². The van der Waals surface area contributed by atoms with Gasteiger partial charge in [0.1, 0.15) is 0 Å². The quantitative estimate of drug-likeness (QED) is 0.815. The Morgan fingerprint density at radius 1 is 1.08 bits per heavy atom. The second-order valence-corrected chi connectivity index (χ2v) is 7.31. The predicted molar refractivity (Wildman–Crippen MR) is 99.5 cm³/mol. The Morgan fingerprint density at radius 3 is 2.08 bits per heavy atom. The van der Waals surface area contributed by atoms with Gasteiger partial charge in [0.15, 0.2) is 0 Å². The summed E-state index contributed by atoms with van der Waals surface area (Å²) in [5.74, 6) is -1.22. The van der Waals surface area contributed by atoms with Crippen molar-refractivity contribution < 1.29 is 19.5 Å². The molecule has 0 heterocycles. The Bertz CT molecular complexity index is 646. The fourth-order valence-corrected chi connectivity index (χ4v) is 3.39. The molecule has 1 aromatic rings. The SMILES string of the molecule is CC(=O)N(Cc1ccc(NC(=O)C2CCC(C(=O)O)CC2)cc1)C(C)C. The number of benzene rings is 1. The molecule has 1 fully saturated rings. The molecule has 142 valence electrons. The third kappa shape index (κ3) is 5.31. The minimum absolute atomic E-state index is 0.0364. The zero-order valence-electron chi connectivity index (χ0n) is 15.7. The first kappa shape index (κ1) is 19.9. The number of carbonyl (C=O) groups is 3. The van der Waals surface area contributed by atoms with Gasteiger partial charge in [0, 0.05) is 31.1 Å². The summed E-state index contributed by atoms with van der Waals surface area (Å²) >= 11 is 0. The molecular formula is C20H28N2O4. The van der Waals surface area contributed by atoms with Crippen LogP contribution in [0.2, 0.25) is 0 Å². The maximum absolute atomic E-state index is 12.4. The maximum atomic E-state index is 12.4.